The van der Waals surface area contributed by atoms with Gasteiger partial charge in [-0.1, -0.05) is 37.1 Å². The summed E-state index contributed by atoms with van der Waals surface area (Å²) in [5, 5.41) is 0. The summed E-state index contributed by atoms with van der Waals surface area (Å²) in [4.78, 5) is 2.60. The lowest BCUT2D eigenvalue weighted by Crippen LogP contribution is -2.39. The van der Waals surface area contributed by atoms with Crippen molar-refractivity contribution in [2.24, 2.45) is 5.73 Å². The van der Waals surface area contributed by atoms with E-state index in [-0.39, 0.29) is 0 Å². The van der Waals surface area contributed by atoms with Crippen molar-refractivity contribution in [1.29, 1.82) is 0 Å². The third-order valence-electron chi connectivity index (χ3n) is 4.37. The zero-order valence-electron chi connectivity index (χ0n) is 12.8. The molecule has 1 aromatic rings. The SMILES string of the molecule is COCc1cccc(C(CN)N2CCCCCC2C)c1. The Balaban J connectivity index is 2.19. The first-order valence-electron chi connectivity index (χ1n) is 7.80. The molecule has 3 heteroatoms. The first-order valence-corrected chi connectivity index (χ1v) is 7.80. The molecule has 2 atom stereocenters. The summed E-state index contributed by atoms with van der Waals surface area (Å²) in [5.41, 5.74) is 8.66. The number of ether oxygens (including phenoxy) is 1. The zero-order chi connectivity index (χ0) is 14.4. The maximum absolute atomic E-state index is 6.10. The molecule has 1 saturated heterocycles. The molecule has 2 rings (SSSR count). The van der Waals surface area contributed by atoms with Crippen LogP contribution in [0.5, 0.6) is 0 Å². The molecule has 1 heterocycles. The Labute approximate surface area is 123 Å². The number of hydrogen-bond donors (Lipinski definition) is 1. The van der Waals surface area contributed by atoms with Gasteiger partial charge < -0.3 is 10.5 Å². The second-order valence-electron chi connectivity index (χ2n) is 5.87. The van der Waals surface area contributed by atoms with E-state index >= 15 is 0 Å². The first kappa shape index (κ1) is 15.5. The van der Waals surface area contributed by atoms with E-state index < -0.39 is 0 Å². The van der Waals surface area contributed by atoms with E-state index in [1.807, 2.05) is 0 Å². The molecule has 0 bridgehead atoms. The number of nitrogens with two attached hydrogens (primary N) is 1. The molecule has 1 aliphatic rings. The maximum atomic E-state index is 6.10. The molecular weight excluding hydrogens is 248 g/mol. The molecule has 0 radical (unpaired) electrons. The Morgan fingerprint density at radius 1 is 1.35 bits per heavy atom. The Kier molecular flexibility index (Phi) is 6.02. The highest BCUT2D eigenvalue weighted by Crippen LogP contribution is 2.27. The van der Waals surface area contributed by atoms with E-state index in [0.29, 0.717) is 25.2 Å². The average molecular weight is 276 g/mol. The summed E-state index contributed by atoms with van der Waals surface area (Å²) in [6, 6.07) is 9.64. The van der Waals surface area contributed by atoms with Gasteiger partial charge in [-0.2, -0.15) is 0 Å². The monoisotopic (exact) mass is 276 g/mol. The fraction of sp³-hybridized carbons (Fsp3) is 0.647. The van der Waals surface area contributed by atoms with Crippen molar-refractivity contribution in [3.8, 4) is 0 Å². The van der Waals surface area contributed by atoms with E-state index in [1.54, 1.807) is 7.11 Å². The Morgan fingerprint density at radius 3 is 2.95 bits per heavy atom. The molecule has 20 heavy (non-hydrogen) atoms. The van der Waals surface area contributed by atoms with Crippen LogP contribution in [0.2, 0.25) is 0 Å². The molecule has 1 aliphatic heterocycles. The minimum atomic E-state index is 0.333. The second-order valence-corrected chi connectivity index (χ2v) is 5.87. The number of rotatable bonds is 5. The highest BCUT2D eigenvalue weighted by Gasteiger charge is 2.25. The quantitative estimate of drug-likeness (QED) is 0.898. The van der Waals surface area contributed by atoms with Gasteiger partial charge in [0.2, 0.25) is 0 Å². The van der Waals surface area contributed by atoms with Crippen LogP contribution in [0.4, 0.5) is 0 Å². The van der Waals surface area contributed by atoms with Crippen LogP contribution in [-0.4, -0.2) is 31.1 Å². The first-order chi connectivity index (χ1) is 9.76. The van der Waals surface area contributed by atoms with E-state index in [4.69, 9.17) is 10.5 Å². The van der Waals surface area contributed by atoms with Crippen molar-refractivity contribution in [2.75, 3.05) is 20.2 Å². The number of methoxy groups -OCH3 is 1. The topological polar surface area (TPSA) is 38.5 Å². The minimum Gasteiger partial charge on any atom is -0.380 e. The van der Waals surface area contributed by atoms with Crippen LogP contribution >= 0.6 is 0 Å². The molecular formula is C17H28N2O. The summed E-state index contributed by atoms with van der Waals surface area (Å²) in [6.45, 7) is 4.85. The van der Waals surface area contributed by atoms with Crippen molar-refractivity contribution < 1.29 is 4.74 Å². The number of likely N-dealkylation sites (tertiary alicyclic amines) is 1. The molecule has 0 spiro atoms. The van der Waals surface area contributed by atoms with E-state index in [9.17, 15) is 0 Å². The average Bonchev–Trinajstić information content (AvgIpc) is 2.66. The van der Waals surface area contributed by atoms with E-state index in [1.165, 1.54) is 36.8 Å². The second kappa shape index (κ2) is 7.77. The van der Waals surface area contributed by atoms with Crippen LogP contribution < -0.4 is 5.73 Å². The molecule has 0 aromatic heterocycles. The Morgan fingerprint density at radius 2 is 2.20 bits per heavy atom. The van der Waals surface area contributed by atoms with Gasteiger partial charge in [0.1, 0.15) is 0 Å². The van der Waals surface area contributed by atoms with Crippen molar-refractivity contribution in [2.45, 2.75) is 51.3 Å². The van der Waals surface area contributed by atoms with Gasteiger partial charge in [0.25, 0.3) is 0 Å². The van der Waals surface area contributed by atoms with Crippen LogP contribution in [0.3, 0.4) is 0 Å². The Hall–Kier alpha value is -0.900. The lowest BCUT2D eigenvalue weighted by atomic mass is 10.0. The van der Waals surface area contributed by atoms with Crippen molar-refractivity contribution in [3.05, 3.63) is 35.4 Å². The van der Waals surface area contributed by atoms with Gasteiger partial charge in [-0.05, 0) is 37.4 Å². The normalized spacial score (nSPS) is 22.4. The molecule has 2 N–H and O–H groups in total. The fourth-order valence-corrected chi connectivity index (χ4v) is 3.28. The molecule has 1 fully saturated rings. The molecule has 0 amide bonds. The lowest BCUT2D eigenvalue weighted by Gasteiger charge is -2.35. The van der Waals surface area contributed by atoms with Crippen LogP contribution in [0.25, 0.3) is 0 Å². The molecule has 112 valence electrons. The standard InChI is InChI=1S/C17H28N2O/c1-14-7-4-3-5-10-19(14)17(12-18)16-9-6-8-15(11-16)13-20-2/h6,8-9,11,14,17H,3-5,7,10,12-13,18H2,1-2H3. The van der Waals surface area contributed by atoms with Crippen LogP contribution in [0.1, 0.15) is 49.8 Å². The predicted octanol–water partition coefficient (Wildman–Crippen LogP) is 3.10. The van der Waals surface area contributed by atoms with Crippen LogP contribution in [0, 0.1) is 0 Å². The van der Waals surface area contributed by atoms with E-state index in [0.717, 1.165) is 6.54 Å². The summed E-state index contributed by atoms with van der Waals surface area (Å²) in [5.74, 6) is 0. The number of hydrogen-bond acceptors (Lipinski definition) is 3. The molecule has 3 nitrogen and oxygen atoms in total. The van der Waals surface area contributed by atoms with E-state index in [2.05, 4.69) is 36.1 Å². The van der Waals surface area contributed by atoms with Crippen molar-refractivity contribution in [3.63, 3.8) is 0 Å². The summed E-state index contributed by atoms with van der Waals surface area (Å²) < 4.78 is 5.24. The van der Waals surface area contributed by atoms with Gasteiger partial charge >= 0.3 is 0 Å². The summed E-state index contributed by atoms with van der Waals surface area (Å²) in [7, 11) is 1.74. The molecule has 2 unspecified atom stereocenters. The summed E-state index contributed by atoms with van der Waals surface area (Å²) >= 11 is 0. The predicted molar refractivity (Wildman–Crippen MR) is 83.6 cm³/mol. The van der Waals surface area contributed by atoms with Crippen LogP contribution in [-0.2, 0) is 11.3 Å². The summed E-state index contributed by atoms with van der Waals surface area (Å²) in [6.07, 6.45) is 5.27. The molecule has 0 aliphatic carbocycles. The smallest absolute Gasteiger partial charge is 0.0713 e. The molecule has 1 aromatic carbocycles. The van der Waals surface area contributed by atoms with Crippen molar-refractivity contribution >= 4 is 0 Å². The largest absolute Gasteiger partial charge is 0.380 e. The highest BCUT2D eigenvalue weighted by molar-refractivity contribution is 5.26. The zero-order valence-corrected chi connectivity index (χ0v) is 12.8. The minimum absolute atomic E-state index is 0.333. The van der Waals surface area contributed by atoms with Gasteiger partial charge in [0.05, 0.1) is 6.61 Å². The van der Waals surface area contributed by atoms with Crippen molar-refractivity contribution in [1.82, 2.24) is 4.90 Å². The van der Waals surface area contributed by atoms with Crippen LogP contribution in [0.15, 0.2) is 24.3 Å². The lowest BCUT2D eigenvalue weighted by molar-refractivity contribution is 0.150. The van der Waals surface area contributed by atoms with Gasteiger partial charge in [0, 0.05) is 25.7 Å². The number of benzene rings is 1. The number of nitrogens with zero attached hydrogens (tertiary/aromatic N) is 1. The van der Waals surface area contributed by atoms with Gasteiger partial charge in [-0.25, -0.2) is 0 Å². The molecule has 0 saturated carbocycles. The highest BCUT2D eigenvalue weighted by atomic mass is 16.5. The van der Waals surface area contributed by atoms with Gasteiger partial charge in [0.15, 0.2) is 0 Å². The Bertz CT molecular complexity index is 408. The third-order valence-corrected chi connectivity index (χ3v) is 4.37. The van der Waals surface area contributed by atoms with Gasteiger partial charge in [-0.3, -0.25) is 4.90 Å². The fourth-order valence-electron chi connectivity index (χ4n) is 3.28. The maximum Gasteiger partial charge on any atom is 0.0713 e. The third kappa shape index (κ3) is 3.81. The van der Waals surface area contributed by atoms with Gasteiger partial charge in [-0.15, -0.1) is 0 Å².